The van der Waals surface area contributed by atoms with Crippen molar-refractivity contribution >= 4 is 17.7 Å². The summed E-state index contributed by atoms with van der Waals surface area (Å²) < 4.78 is 5.76. The lowest BCUT2D eigenvalue weighted by Crippen LogP contribution is -2.45. The topological polar surface area (TPSA) is 59.2 Å². The van der Waals surface area contributed by atoms with Crippen LogP contribution in [0.4, 0.5) is 0 Å². The summed E-state index contributed by atoms with van der Waals surface area (Å²) in [5.74, 6) is 0.566. The SMILES string of the molecule is Cc1ccc(-c2nnc(S[C@H](C)C(=O)N(C(C)C)C(C)C)o2)cc1C. The van der Waals surface area contributed by atoms with Gasteiger partial charge in [-0.3, -0.25) is 4.79 Å². The molecule has 0 spiro atoms. The fourth-order valence-electron chi connectivity index (χ4n) is 2.77. The number of aromatic nitrogens is 2. The quantitative estimate of drug-likeness (QED) is 0.710. The molecule has 0 N–H and O–H groups in total. The second-order valence-corrected chi connectivity index (χ2v) is 8.16. The number of benzene rings is 1. The van der Waals surface area contributed by atoms with E-state index in [1.54, 1.807) is 0 Å². The third-order valence-corrected chi connectivity index (χ3v) is 5.07. The van der Waals surface area contributed by atoms with Crippen molar-refractivity contribution in [2.24, 2.45) is 0 Å². The Labute approximate surface area is 154 Å². The Balaban J connectivity index is 2.12. The largest absolute Gasteiger partial charge is 0.411 e. The minimum absolute atomic E-state index is 0.0842. The Kier molecular flexibility index (Phi) is 6.27. The molecule has 0 saturated carbocycles. The first-order valence-corrected chi connectivity index (χ1v) is 9.48. The highest BCUT2D eigenvalue weighted by Crippen LogP contribution is 2.28. The van der Waals surface area contributed by atoms with E-state index in [9.17, 15) is 4.79 Å². The van der Waals surface area contributed by atoms with Crippen LogP contribution in [-0.2, 0) is 4.79 Å². The summed E-state index contributed by atoms with van der Waals surface area (Å²) in [5.41, 5.74) is 3.30. The van der Waals surface area contributed by atoms with Gasteiger partial charge in [0.05, 0.1) is 5.25 Å². The molecule has 0 saturated heterocycles. The predicted molar refractivity (Wildman–Crippen MR) is 102 cm³/mol. The molecule has 1 amide bonds. The fourth-order valence-corrected chi connectivity index (χ4v) is 3.51. The van der Waals surface area contributed by atoms with E-state index >= 15 is 0 Å². The Morgan fingerprint density at radius 1 is 1.04 bits per heavy atom. The first kappa shape index (κ1) is 19.5. The number of carbonyl (C=O) groups excluding carboxylic acids is 1. The zero-order valence-corrected chi connectivity index (χ0v) is 16.8. The van der Waals surface area contributed by atoms with Crippen molar-refractivity contribution in [3.63, 3.8) is 0 Å². The van der Waals surface area contributed by atoms with Crippen LogP contribution >= 0.6 is 11.8 Å². The molecular weight excluding hydrogens is 334 g/mol. The molecule has 1 aromatic heterocycles. The highest BCUT2D eigenvalue weighted by atomic mass is 32.2. The van der Waals surface area contributed by atoms with Crippen LogP contribution in [0.5, 0.6) is 0 Å². The number of hydrogen-bond acceptors (Lipinski definition) is 5. The summed E-state index contributed by atoms with van der Waals surface area (Å²) in [6, 6.07) is 6.36. The molecule has 25 heavy (non-hydrogen) atoms. The van der Waals surface area contributed by atoms with E-state index in [1.165, 1.54) is 22.9 Å². The number of amides is 1. The second kappa shape index (κ2) is 8.04. The maximum Gasteiger partial charge on any atom is 0.277 e. The van der Waals surface area contributed by atoms with E-state index in [4.69, 9.17) is 4.42 Å². The predicted octanol–water partition coefficient (Wildman–Crippen LogP) is 4.48. The lowest BCUT2D eigenvalue weighted by molar-refractivity contribution is -0.133. The van der Waals surface area contributed by atoms with E-state index in [0.29, 0.717) is 11.1 Å². The normalized spacial score (nSPS) is 12.7. The van der Waals surface area contributed by atoms with Crippen molar-refractivity contribution in [1.29, 1.82) is 0 Å². The maximum absolute atomic E-state index is 12.7. The first-order valence-electron chi connectivity index (χ1n) is 8.60. The molecule has 6 heteroatoms. The molecule has 1 aromatic carbocycles. The molecule has 2 rings (SSSR count). The van der Waals surface area contributed by atoms with Crippen molar-refractivity contribution in [2.75, 3.05) is 0 Å². The molecule has 0 aliphatic heterocycles. The minimum atomic E-state index is -0.280. The van der Waals surface area contributed by atoms with Gasteiger partial charge >= 0.3 is 0 Å². The fraction of sp³-hybridized carbons (Fsp3) is 0.526. The van der Waals surface area contributed by atoms with Crippen LogP contribution in [0.25, 0.3) is 11.5 Å². The van der Waals surface area contributed by atoms with Gasteiger partial charge in [-0.05, 0) is 71.7 Å². The summed E-state index contributed by atoms with van der Waals surface area (Å²) in [6.45, 7) is 14.1. The number of rotatable bonds is 6. The molecular formula is C19H27N3O2S. The van der Waals surface area contributed by atoms with Gasteiger partial charge in [-0.15, -0.1) is 10.2 Å². The molecule has 0 aliphatic carbocycles. The Hall–Kier alpha value is -1.82. The summed E-state index contributed by atoms with van der Waals surface area (Å²) in [4.78, 5) is 14.6. The third kappa shape index (κ3) is 4.63. The monoisotopic (exact) mass is 361 g/mol. The summed E-state index contributed by atoms with van der Waals surface area (Å²) in [7, 11) is 0. The average Bonchev–Trinajstić information content (AvgIpc) is 2.97. The van der Waals surface area contributed by atoms with Crippen LogP contribution in [-0.4, -0.2) is 38.3 Å². The molecule has 0 unspecified atom stereocenters. The molecule has 2 aromatic rings. The van der Waals surface area contributed by atoms with Crippen molar-refractivity contribution in [3.8, 4) is 11.5 Å². The molecule has 1 atom stereocenters. The summed E-state index contributed by atoms with van der Waals surface area (Å²) in [6.07, 6.45) is 0. The van der Waals surface area contributed by atoms with Gasteiger partial charge in [0.25, 0.3) is 5.22 Å². The molecule has 0 radical (unpaired) electrons. The van der Waals surface area contributed by atoms with Crippen molar-refractivity contribution < 1.29 is 9.21 Å². The Morgan fingerprint density at radius 3 is 2.24 bits per heavy atom. The smallest absolute Gasteiger partial charge is 0.277 e. The Bertz CT molecular complexity index is 732. The Morgan fingerprint density at radius 2 is 1.68 bits per heavy atom. The van der Waals surface area contributed by atoms with E-state index in [2.05, 4.69) is 24.0 Å². The highest BCUT2D eigenvalue weighted by Gasteiger charge is 2.27. The molecule has 136 valence electrons. The first-order chi connectivity index (χ1) is 11.7. The average molecular weight is 362 g/mol. The molecule has 1 heterocycles. The standard InChI is InChI=1S/C19H27N3O2S/c1-11(2)22(12(3)4)18(23)15(7)25-19-21-20-17(24-19)16-9-8-13(5)14(6)10-16/h8-12,15H,1-7H3/t15-/m1/s1. The second-order valence-electron chi connectivity index (χ2n) is 6.87. The number of thioether (sulfide) groups is 1. The van der Waals surface area contributed by atoms with Crippen LogP contribution in [0.1, 0.15) is 45.7 Å². The van der Waals surface area contributed by atoms with Gasteiger partial charge in [-0.2, -0.15) is 0 Å². The highest BCUT2D eigenvalue weighted by molar-refractivity contribution is 8.00. The van der Waals surface area contributed by atoms with Gasteiger partial charge in [0.1, 0.15) is 0 Å². The molecule has 0 fully saturated rings. The molecule has 0 aliphatic rings. The maximum atomic E-state index is 12.7. The lowest BCUT2D eigenvalue weighted by atomic mass is 10.1. The van der Waals surface area contributed by atoms with Crippen LogP contribution in [0.2, 0.25) is 0 Å². The van der Waals surface area contributed by atoms with Crippen LogP contribution in [0.3, 0.4) is 0 Å². The van der Waals surface area contributed by atoms with Crippen molar-refractivity contribution in [3.05, 3.63) is 29.3 Å². The zero-order chi connectivity index (χ0) is 18.7. The number of aryl methyl sites for hydroxylation is 2. The number of nitrogens with zero attached hydrogens (tertiary/aromatic N) is 3. The van der Waals surface area contributed by atoms with Crippen LogP contribution < -0.4 is 0 Å². The summed E-state index contributed by atoms with van der Waals surface area (Å²) in [5, 5.41) is 8.35. The third-order valence-electron chi connectivity index (χ3n) is 4.15. The van der Waals surface area contributed by atoms with Crippen molar-refractivity contribution in [2.45, 2.75) is 71.0 Å². The van der Waals surface area contributed by atoms with E-state index in [0.717, 1.165) is 5.56 Å². The van der Waals surface area contributed by atoms with E-state index in [-0.39, 0.29) is 23.2 Å². The lowest BCUT2D eigenvalue weighted by Gasteiger charge is -2.32. The minimum Gasteiger partial charge on any atom is -0.411 e. The zero-order valence-electron chi connectivity index (χ0n) is 16.0. The van der Waals surface area contributed by atoms with Gasteiger partial charge in [-0.1, -0.05) is 17.8 Å². The van der Waals surface area contributed by atoms with E-state index in [1.807, 2.05) is 57.7 Å². The van der Waals surface area contributed by atoms with Gasteiger partial charge < -0.3 is 9.32 Å². The van der Waals surface area contributed by atoms with Gasteiger partial charge in [0.15, 0.2) is 0 Å². The number of hydrogen-bond donors (Lipinski definition) is 0. The van der Waals surface area contributed by atoms with Gasteiger partial charge in [0.2, 0.25) is 11.8 Å². The van der Waals surface area contributed by atoms with E-state index < -0.39 is 0 Å². The van der Waals surface area contributed by atoms with Crippen LogP contribution in [0.15, 0.2) is 27.8 Å². The number of carbonyl (C=O) groups is 1. The molecule has 0 bridgehead atoms. The van der Waals surface area contributed by atoms with Gasteiger partial charge in [-0.25, -0.2) is 0 Å². The van der Waals surface area contributed by atoms with Crippen molar-refractivity contribution in [1.82, 2.24) is 15.1 Å². The summed E-state index contributed by atoms with van der Waals surface area (Å²) >= 11 is 1.31. The van der Waals surface area contributed by atoms with Crippen LogP contribution in [0, 0.1) is 13.8 Å². The molecule has 5 nitrogen and oxygen atoms in total. The van der Waals surface area contributed by atoms with Gasteiger partial charge in [0, 0.05) is 17.6 Å².